The number of nitrogens with zero attached hydrogens (tertiary/aromatic N) is 2. The Hall–Kier alpha value is -1.32. The van der Waals surface area contributed by atoms with E-state index in [1.807, 2.05) is 7.05 Å². The lowest BCUT2D eigenvalue weighted by Crippen LogP contribution is -2.16. The maximum absolute atomic E-state index is 4.35. The van der Waals surface area contributed by atoms with E-state index in [1.165, 1.54) is 19.3 Å². The van der Waals surface area contributed by atoms with Crippen molar-refractivity contribution in [2.75, 3.05) is 17.7 Å². The lowest BCUT2D eigenvalue weighted by molar-refractivity contribution is 0.643. The lowest BCUT2D eigenvalue weighted by Gasteiger charge is -2.13. The first-order valence-electron chi connectivity index (χ1n) is 5.52. The first-order valence-corrected chi connectivity index (χ1v) is 5.52. The fourth-order valence-corrected chi connectivity index (χ4v) is 1.39. The van der Waals surface area contributed by atoms with Crippen LogP contribution in [0, 0.1) is 0 Å². The standard InChI is InChI=1S/C11H20N4/c1-4-5-6-9(2)14-11-8-13-7-10(12-3)15-11/h7-9H,4-6H2,1-3H3,(H2,12,14,15). The molecule has 0 amide bonds. The molecular formula is C11H20N4. The first-order chi connectivity index (χ1) is 7.26. The minimum atomic E-state index is 0.450. The molecule has 0 aliphatic rings. The van der Waals surface area contributed by atoms with Crippen LogP contribution in [0.3, 0.4) is 0 Å². The van der Waals surface area contributed by atoms with Gasteiger partial charge in [0.1, 0.15) is 11.6 Å². The highest BCUT2D eigenvalue weighted by molar-refractivity contribution is 5.41. The molecule has 0 aliphatic heterocycles. The Kier molecular flexibility index (Phi) is 4.87. The van der Waals surface area contributed by atoms with Crippen LogP contribution in [0.15, 0.2) is 12.4 Å². The summed E-state index contributed by atoms with van der Waals surface area (Å²) in [6, 6.07) is 0.450. The number of hydrogen-bond donors (Lipinski definition) is 2. The fraction of sp³-hybridized carbons (Fsp3) is 0.636. The summed E-state index contributed by atoms with van der Waals surface area (Å²) in [5, 5.41) is 6.31. The highest BCUT2D eigenvalue weighted by Gasteiger charge is 2.02. The molecule has 84 valence electrons. The summed E-state index contributed by atoms with van der Waals surface area (Å²) in [6.07, 6.45) is 7.11. The maximum atomic E-state index is 4.35. The van der Waals surface area contributed by atoms with Crippen LogP contribution in [0.2, 0.25) is 0 Å². The SMILES string of the molecule is CCCCC(C)Nc1cncc(NC)n1. The Morgan fingerprint density at radius 2 is 2.07 bits per heavy atom. The van der Waals surface area contributed by atoms with Gasteiger partial charge in [-0.2, -0.15) is 0 Å². The molecule has 1 atom stereocenters. The predicted octanol–water partition coefficient (Wildman–Crippen LogP) is 2.51. The van der Waals surface area contributed by atoms with E-state index in [9.17, 15) is 0 Å². The van der Waals surface area contributed by atoms with Crippen molar-refractivity contribution in [3.05, 3.63) is 12.4 Å². The van der Waals surface area contributed by atoms with Gasteiger partial charge in [-0.1, -0.05) is 19.8 Å². The van der Waals surface area contributed by atoms with Crippen molar-refractivity contribution in [2.45, 2.75) is 39.2 Å². The summed E-state index contributed by atoms with van der Waals surface area (Å²) in [7, 11) is 1.84. The molecule has 4 heteroatoms. The minimum Gasteiger partial charge on any atom is -0.372 e. The third-order valence-electron chi connectivity index (χ3n) is 2.28. The van der Waals surface area contributed by atoms with Crippen molar-refractivity contribution in [2.24, 2.45) is 0 Å². The fourth-order valence-electron chi connectivity index (χ4n) is 1.39. The topological polar surface area (TPSA) is 49.8 Å². The average molecular weight is 208 g/mol. The van der Waals surface area contributed by atoms with E-state index >= 15 is 0 Å². The molecule has 0 radical (unpaired) electrons. The molecule has 0 aromatic carbocycles. The molecule has 0 saturated carbocycles. The largest absolute Gasteiger partial charge is 0.372 e. The first kappa shape index (κ1) is 11.8. The van der Waals surface area contributed by atoms with Crippen molar-refractivity contribution in [3.63, 3.8) is 0 Å². The van der Waals surface area contributed by atoms with Crippen LogP contribution in [-0.4, -0.2) is 23.1 Å². The summed E-state index contributed by atoms with van der Waals surface area (Å²) >= 11 is 0. The van der Waals surface area contributed by atoms with Gasteiger partial charge in [-0.15, -0.1) is 0 Å². The highest BCUT2D eigenvalue weighted by Crippen LogP contribution is 2.09. The summed E-state index contributed by atoms with van der Waals surface area (Å²) in [4.78, 5) is 8.46. The quantitative estimate of drug-likeness (QED) is 0.754. The molecule has 15 heavy (non-hydrogen) atoms. The van der Waals surface area contributed by atoms with Crippen LogP contribution in [0.25, 0.3) is 0 Å². The van der Waals surface area contributed by atoms with Gasteiger partial charge in [-0.05, 0) is 13.3 Å². The second-order valence-electron chi connectivity index (χ2n) is 3.73. The Balaban J connectivity index is 2.48. The van der Waals surface area contributed by atoms with Gasteiger partial charge in [0.25, 0.3) is 0 Å². The van der Waals surface area contributed by atoms with Gasteiger partial charge in [0.05, 0.1) is 12.4 Å². The van der Waals surface area contributed by atoms with Crippen LogP contribution in [-0.2, 0) is 0 Å². The summed E-state index contributed by atoms with van der Waals surface area (Å²) < 4.78 is 0. The van der Waals surface area contributed by atoms with Crippen molar-refractivity contribution in [1.82, 2.24) is 9.97 Å². The van der Waals surface area contributed by atoms with E-state index in [0.29, 0.717) is 6.04 Å². The van der Waals surface area contributed by atoms with Crippen LogP contribution in [0.5, 0.6) is 0 Å². The molecule has 0 bridgehead atoms. The Labute approximate surface area is 91.5 Å². The number of anilines is 2. The second-order valence-corrected chi connectivity index (χ2v) is 3.73. The third kappa shape index (κ3) is 4.14. The van der Waals surface area contributed by atoms with Gasteiger partial charge in [0, 0.05) is 13.1 Å². The monoisotopic (exact) mass is 208 g/mol. The van der Waals surface area contributed by atoms with Crippen molar-refractivity contribution in [1.29, 1.82) is 0 Å². The van der Waals surface area contributed by atoms with Crippen LogP contribution in [0.1, 0.15) is 33.1 Å². The third-order valence-corrected chi connectivity index (χ3v) is 2.28. The number of rotatable bonds is 6. The van der Waals surface area contributed by atoms with E-state index in [2.05, 4.69) is 34.4 Å². The zero-order chi connectivity index (χ0) is 11.1. The van der Waals surface area contributed by atoms with Gasteiger partial charge in [0.15, 0.2) is 0 Å². The zero-order valence-electron chi connectivity index (χ0n) is 9.75. The van der Waals surface area contributed by atoms with E-state index < -0.39 is 0 Å². The smallest absolute Gasteiger partial charge is 0.147 e. The Bertz CT molecular complexity index is 288. The molecule has 2 N–H and O–H groups in total. The molecule has 1 aromatic heterocycles. The van der Waals surface area contributed by atoms with E-state index in [4.69, 9.17) is 0 Å². The van der Waals surface area contributed by atoms with Gasteiger partial charge < -0.3 is 10.6 Å². The Morgan fingerprint density at radius 3 is 2.73 bits per heavy atom. The average Bonchev–Trinajstić information content (AvgIpc) is 2.26. The van der Waals surface area contributed by atoms with Gasteiger partial charge >= 0.3 is 0 Å². The summed E-state index contributed by atoms with van der Waals surface area (Å²) in [5.74, 6) is 1.63. The molecule has 1 unspecified atom stereocenters. The molecule has 0 aliphatic carbocycles. The molecule has 0 fully saturated rings. The Morgan fingerprint density at radius 1 is 1.33 bits per heavy atom. The molecular weight excluding hydrogens is 188 g/mol. The van der Waals surface area contributed by atoms with Crippen molar-refractivity contribution < 1.29 is 0 Å². The molecule has 1 heterocycles. The number of unbranched alkanes of at least 4 members (excludes halogenated alkanes) is 1. The van der Waals surface area contributed by atoms with Crippen molar-refractivity contribution >= 4 is 11.6 Å². The molecule has 4 nitrogen and oxygen atoms in total. The number of nitrogens with one attached hydrogen (secondary N) is 2. The van der Waals surface area contributed by atoms with E-state index in [1.54, 1.807) is 12.4 Å². The second kappa shape index (κ2) is 6.22. The summed E-state index contributed by atoms with van der Waals surface area (Å²) in [5.41, 5.74) is 0. The highest BCUT2D eigenvalue weighted by atomic mass is 15.1. The van der Waals surface area contributed by atoms with E-state index in [0.717, 1.165) is 11.6 Å². The predicted molar refractivity (Wildman–Crippen MR) is 64.2 cm³/mol. The minimum absolute atomic E-state index is 0.450. The molecule has 1 aromatic rings. The van der Waals surface area contributed by atoms with Crippen LogP contribution < -0.4 is 10.6 Å². The normalized spacial score (nSPS) is 12.2. The van der Waals surface area contributed by atoms with Gasteiger partial charge in [0.2, 0.25) is 0 Å². The van der Waals surface area contributed by atoms with Gasteiger partial charge in [-0.25, -0.2) is 4.98 Å². The van der Waals surface area contributed by atoms with Crippen molar-refractivity contribution in [3.8, 4) is 0 Å². The van der Waals surface area contributed by atoms with Crippen LogP contribution in [0.4, 0.5) is 11.6 Å². The van der Waals surface area contributed by atoms with Gasteiger partial charge in [-0.3, -0.25) is 4.98 Å². The molecule has 0 spiro atoms. The molecule has 0 saturated heterocycles. The van der Waals surface area contributed by atoms with Crippen LogP contribution >= 0.6 is 0 Å². The molecule has 1 rings (SSSR count). The maximum Gasteiger partial charge on any atom is 0.147 e. The van der Waals surface area contributed by atoms with E-state index in [-0.39, 0.29) is 0 Å². The number of hydrogen-bond acceptors (Lipinski definition) is 4. The lowest BCUT2D eigenvalue weighted by atomic mass is 10.1. The number of aromatic nitrogens is 2. The zero-order valence-corrected chi connectivity index (χ0v) is 9.75. The summed E-state index contributed by atoms with van der Waals surface area (Å²) in [6.45, 7) is 4.37.